The number of benzene rings is 1. The Hall–Kier alpha value is -1.58. The summed E-state index contributed by atoms with van der Waals surface area (Å²) in [7, 11) is -3.78. The van der Waals surface area contributed by atoms with Crippen LogP contribution in [0.1, 0.15) is 39.0 Å². The lowest BCUT2D eigenvalue weighted by Crippen LogP contribution is -2.52. The first-order chi connectivity index (χ1) is 15.3. The maximum atomic E-state index is 13.2. The zero-order chi connectivity index (χ0) is 23.1. The Morgan fingerprint density at radius 2 is 1.62 bits per heavy atom. The van der Waals surface area contributed by atoms with Crippen LogP contribution in [-0.2, 0) is 19.6 Å². The number of likely N-dealkylation sites (tertiary alicyclic amines) is 2. The first-order valence-corrected chi connectivity index (χ1v) is 14.3. The zero-order valence-electron chi connectivity index (χ0n) is 19.0. The maximum Gasteiger partial charge on any atom is 0.241 e. The van der Waals surface area contributed by atoms with Gasteiger partial charge in [0.05, 0.1) is 4.90 Å². The fourth-order valence-corrected chi connectivity index (χ4v) is 6.09. The van der Waals surface area contributed by atoms with Gasteiger partial charge in [-0.15, -0.1) is 0 Å². The number of carbonyl (C=O) groups excluding carboxylic acids is 2. The minimum atomic E-state index is -3.78. The molecule has 178 valence electrons. The van der Waals surface area contributed by atoms with Crippen molar-refractivity contribution in [2.75, 3.05) is 38.2 Å². The lowest BCUT2D eigenvalue weighted by atomic mass is 9.92. The SMILES string of the molecule is CSCCC(NS(=O)(=O)c1ccccc1)C(=O)N1CCC(C(=O)N2CCC(C)CC2)CC1. The molecule has 1 aromatic carbocycles. The van der Waals surface area contributed by atoms with E-state index in [1.54, 1.807) is 34.9 Å². The second-order valence-electron chi connectivity index (χ2n) is 8.88. The van der Waals surface area contributed by atoms with Gasteiger partial charge in [-0.2, -0.15) is 16.5 Å². The first-order valence-electron chi connectivity index (χ1n) is 11.5. The van der Waals surface area contributed by atoms with E-state index in [0.717, 1.165) is 25.9 Å². The molecule has 1 aromatic rings. The molecule has 0 aromatic heterocycles. The van der Waals surface area contributed by atoms with Crippen molar-refractivity contribution in [1.82, 2.24) is 14.5 Å². The highest BCUT2D eigenvalue weighted by Gasteiger charge is 2.34. The van der Waals surface area contributed by atoms with E-state index in [4.69, 9.17) is 0 Å². The number of nitrogens with one attached hydrogen (secondary N) is 1. The quantitative estimate of drug-likeness (QED) is 0.617. The fraction of sp³-hybridized carbons (Fsp3) is 0.652. The van der Waals surface area contributed by atoms with Gasteiger partial charge in [-0.1, -0.05) is 25.1 Å². The monoisotopic (exact) mass is 481 g/mol. The predicted octanol–water partition coefficient (Wildman–Crippen LogP) is 2.58. The van der Waals surface area contributed by atoms with Crippen LogP contribution in [0.15, 0.2) is 35.2 Å². The number of hydrogen-bond acceptors (Lipinski definition) is 5. The van der Waals surface area contributed by atoms with Crippen molar-refractivity contribution in [1.29, 1.82) is 0 Å². The normalized spacial score (nSPS) is 19.7. The fourth-order valence-electron chi connectivity index (χ4n) is 4.38. The molecule has 0 spiro atoms. The number of sulfonamides is 1. The van der Waals surface area contributed by atoms with E-state index in [1.165, 1.54) is 12.1 Å². The topological polar surface area (TPSA) is 86.8 Å². The molecule has 2 aliphatic heterocycles. The van der Waals surface area contributed by atoms with E-state index in [0.29, 0.717) is 44.0 Å². The van der Waals surface area contributed by atoms with Crippen LogP contribution in [0.4, 0.5) is 0 Å². The summed E-state index contributed by atoms with van der Waals surface area (Å²) in [6.45, 7) is 4.87. The molecule has 1 unspecified atom stereocenters. The molecule has 2 amide bonds. The lowest BCUT2D eigenvalue weighted by Gasteiger charge is -2.37. The Balaban J connectivity index is 1.59. The molecule has 32 heavy (non-hydrogen) atoms. The van der Waals surface area contributed by atoms with Crippen LogP contribution in [0.5, 0.6) is 0 Å². The number of amides is 2. The summed E-state index contributed by atoms with van der Waals surface area (Å²) in [5, 5.41) is 0. The largest absolute Gasteiger partial charge is 0.342 e. The third kappa shape index (κ3) is 6.48. The van der Waals surface area contributed by atoms with Crippen LogP contribution < -0.4 is 4.72 Å². The molecule has 7 nitrogen and oxygen atoms in total. The molecule has 1 N–H and O–H groups in total. The molecule has 2 aliphatic rings. The molecule has 9 heteroatoms. The molecule has 2 fully saturated rings. The van der Waals surface area contributed by atoms with Crippen molar-refractivity contribution < 1.29 is 18.0 Å². The van der Waals surface area contributed by atoms with Gasteiger partial charge in [0.15, 0.2) is 0 Å². The zero-order valence-corrected chi connectivity index (χ0v) is 20.7. The van der Waals surface area contributed by atoms with Gasteiger partial charge in [-0.25, -0.2) is 8.42 Å². The van der Waals surface area contributed by atoms with Crippen molar-refractivity contribution in [2.24, 2.45) is 11.8 Å². The lowest BCUT2D eigenvalue weighted by molar-refractivity contribution is -0.142. The van der Waals surface area contributed by atoms with Crippen LogP contribution >= 0.6 is 11.8 Å². The summed E-state index contributed by atoms with van der Waals surface area (Å²) in [6, 6.07) is 7.33. The Morgan fingerprint density at radius 3 is 2.22 bits per heavy atom. The first kappa shape index (κ1) is 25.1. The van der Waals surface area contributed by atoms with Gasteiger partial charge in [0.2, 0.25) is 21.8 Å². The van der Waals surface area contributed by atoms with Gasteiger partial charge >= 0.3 is 0 Å². The van der Waals surface area contributed by atoms with E-state index in [2.05, 4.69) is 11.6 Å². The molecular formula is C23H35N3O4S2. The Labute approximate surface area is 196 Å². The summed E-state index contributed by atoms with van der Waals surface area (Å²) < 4.78 is 28.2. The van der Waals surface area contributed by atoms with Gasteiger partial charge in [0, 0.05) is 32.1 Å². The Kier molecular flexibility index (Phi) is 9.02. The van der Waals surface area contributed by atoms with Gasteiger partial charge in [-0.3, -0.25) is 9.59 Å². The highest BCUT2D eigenvalue weighted by molar-refractivity contribution is 7.98. The van der Waals surface area contributed by atoms with E-state index >= 15 is 0 Å². The molecule has 0 radical (unpaired) electrons. The second kappa shape index (κ2) is 11.5. The summed E-state index contributed by atoms with van der Waals surface area (Å²) in [6.07, 6.45) is 5.75. The molecule has 0 bridgehead atoms. The van der Waals surface area contributed by atoms with Crippen LogP contribution in [0.2, 0.25) is 0 Å². The van der Waals surface area contributed by atoms with E-state index in [-0.39, 0.29) is 22.6 Å². The highest BCUT2D eigenvalue weighted by atomic mass is 32.2. The molecule has 2 saturated heterocycles. The average Bonchev–Trinajstić information content (AvgIpc) is 2.82. The number of nitrogens with zero attached hydrogens (tertiary/aromatic N) is 2. The maximum absolute atomic E-state index is 13.2. The highest BCUT2D eigenvalue weighted by Crippen LogP contribution is 2.24. The van der Waals surface area contributed by atoms with Crippen LogP contribution in [0.25, 0.3) is 0 Å². The van der Waals surface area contributed by atoms with Gasteiger partial charge < -0.3 is 9.80 Å². The third-order valence-electron chi connectivity index (χ3n) is 6.51. The van der Waals surface area contributed by atoms with Crippen LogP contribution in [-0.4, -0.2) is 74.3 Å². The van der Waals surface area contributed by atoms with Crippen molar-refractivity contribution in [3.8, 4) is 0 Å². The van der Waals surface area contributed by atoms with E-state index in [9.17, 15) is 18.0 Å². The minimum Gasteiger partial charge on any atom is -0.342 e. The summed E-state index contributed by atoms with van der Waals surface area (Å²) in [5.74, 6) is 1.33. The number of piperidine rings is 2. The van der Waals surface area contributed by atoms with Gasteiger partial charge in [-0.05, 0) is 62.2 Å². The van der Waals surface area contributed by atoms with Crippen LogP contribution in [0.3, 0.4) is 0 Å². The van der Waals surface area contributed by atoms with E-state index < -0.39 is 16.1 Å². The molecular weight excluding hydrogens is 446 g/mol. The minimum absolute atomic E-state index is 0.0434. The van der Waals surface area contributed by atoms with Crippen LogP contribution in [0, 0.1) is 11.8 Å². The molecule has 2 heterocycles. The average molecular weight is 482 g/mol. The second-order valence-corrected chi connectivity index (χ2v) is 11.6. The molecule has 0 saturated carbocycles. The smallest absolute Gasteiger partial charge is 0.241 e. The third-order valence-corrected chi connectivity index (χ3v) is 8.64. The summed E-state index contributed by atoms with van der Waals surface area (Å²) in [4.78, 5) is 30.0. The Bertz CT molecular complexity index is 862. The number of thioether (sulfide) groups is 1. The number of carbonyl (C=O) groups is 2. The predicted molar refractivity (Wildman–Crippen MR) is 128 cm³/mol. The van der Waals surface area contributed by atoms with Crippen molar-refractivity contribution >= 4 is 33.6 Å². The van der Waals surface area contributed by atoms with E-state index in [1.807, 2.05) is 11.2 Å². The summed E-state index contributed by atoms with van der Waals surface area (Å²) in [5.41, 5.74) is 0. The Morgan fingerprint density at radius 1 is 1.03 bits per heavy atom. The van der Waals surface area contributed by atoms with Gasteiger partial charge in [0.25, 0.3) is 0 Å². The number of hydrogen-bond donors (Lipinski definition) is 1. The standard InChI is InChI=1S/C23H35N3O4S2/c1-18-8-13-25(14-9-18)22(27)19-10-15-26(16-11-19)23(28)21(12-17-31-2)24-32(29,30)20-6-4-3-5-7-20/h3-7,18-19,21,24H,8-17H2,1-2H3. The summed E-state index contributed by atoms with van der Waals surface area (Å²) >= 11 is 1.58. The molecule has 1 atom stereocenters. The number of rotatable bonds is 8. The van der Waals surface area contributed by atoms with Crippen molar-refractivity contribution in [2.45, 2.75) is 50.0 Å². The molecule has 3 rings (SSSR count). The van der Waals surface area contributed by atoms with Crippen molar-refractivity contribution in [3.05, 3.63) is 30.3 Å². The molecule has 0 aliphatic carbocycles. The van der Waals surface area contributed by atoms with Crippen molar-refractivity contribution in [3.63, 3.8) is 0 Å². The van der Waals surface area contributed by atoms with Gasteiger partial charge in [0.1, 0.15) is 6.04 Å².